The van der Waals surface area contributed by atoms with Gasteiger partial charge in [-0.15, -0.1) is 0 Å². The van der Waals surface area contributed by atoms with Crippen molar-refractivity contribution in [1.29, 1.82) is 0 Å². The van der Waals surface area contributed by atoms with E-state index < -0.39 is 5.82 Å². The summed E-state index contributed by atoms with van der Waals surface area (Å²) < 4.78 is 19.3. The molecule has 4 heteroatoms. The van der Waals surface area contributed by atoms with Crippen molar-refractivity contribution < 1.29 is 9.13 Å². The van der Waals surface area contributed by atoms with Crippen LogP contribution >= 0.6 is 0 Å². The minimum absolute atomic E-state index is 0.176. The second-order valence-electron chi connectivity index (χ2n) is 4.17. The Labute approximate surface area is 105 Å². The fraction of sp³-hybridized carbons (Fsp3) is 0.214. The number of pyridine rings is 1. The molecule has 0 saturated carbocycles. The molecule has 0 amide bonds. The van der Waals surface area contributed by atoms with E-state index in [1.54, 1.807) is 37.4 Å². The molecular formula is C14H15FN2O. The first kappa shape index (κ1) is 12.5. The zero-order valence-electron chi connectivity index (χ0n) is 10.4. The van der Waals surface area contributed by atoms with Gasteiger partial charge in [-0.2, -0.15) is 0 Å². The van der Waals surface area contributed by atoms with Gasteiger partial charge in [-0.25, -0.2) is 4.39 Å². The molecule has 1 aromatic carbocycles. The van der Waals surface area contributed by atoms with E-state index in [1.807, 2.05) is 6.92 Å². The van der Waals surface area contributed by atoms with Gasteiger partial charge in [0.2, 0.25) is 0 Å². The second kappa shape index (κ2) is 5.14. The number of nitrogens with two attached hydrogens (primary N) is 1. The summed E-state index contributed by atoms with van der Waals surface area (Å²) in [6, 6.07) is 8.03. The van der Waals surface area contributed by atoms with E-state index in [-0.39, 0.29) is 11.8 Å². The lowest BCUT2D eigenvalue weighted by molar-refractivity contribution is 0.436. The summed E-state index contributed by atoms with van der Waals surface area (Å²) in [5.41, 5.74) is 7.15. The van der Waals surface area contributed by atoms with Crippen molar-refractivity contribution >= 4 is 0 Å². The van der Waals surface area contributed by atoms with Crippen molar-refractivity contribution in [2.24, 2.45) is 5.73 Å². The largest absolute Gasteiger partial charge is 0.452 e. The third-order valence-corrected chi connectivity index (χ3v) is 2.66. The first-order valence-corrected chi connectivity index (χ1v) is 5.72. The molecule has 1 unspecified atom stereocenters. The van der Waals surface area contributed by atoms with Crippen LogP contribution in [0.2, 0.25) is 0 Å². The van der Waals surface area contributed by atoms with Gasteiger partial charge in [0.25, 0.3) is 0 Å². The molecule has 0 aliphatic carbocycles. The molecule has 3 nitrogen and oxygen atoms in total. The van der Waals surface area contributed by atoms with Crippen molar-refractivity contribution in [3.05, 3.63) is 53.6 Å². The monoisotopic (exact) mass is 246 g/mol. The maximum absolute atomic E-state index is 13.8. The number of aromatic nitrogens is 1. The summed E-state index contributed by atoms with van der Waals surface area (Å²) >= 11 is 0. The first-order chi connectivity index (χ1) is 8.58. The molecule has 0 radical (unpaired) electrons. The van der Waals surface area contributed by atoms with Crippen LogP contribution in [0.15, 0.2) is 36.5 Å². The molecule has 18 heavy (non-hydrogen) atoms. The molecule has 1 atom stereocenters. The lowest BCUT2D eigenvalue weighted by atomic mass is 10.1. The smallest absolute Gasteiger partial charge is 0.166 e. The Morgan fingerprint density at radius 1 is 1.28 bits per heavy atom. The Hall–Kier alpha value is -1.94. The fourth-order valence-electron chi connectivity index (χ4n) is 1.58. The van der Waals surface area contributed by atoms with Gasteiger partial charge in [0.1, 0.15) is 5.75 Å². The van der Waals surface area contributed by atoms with Gasteiger partial charge in [0.05, 0.1) is 5.69 Å². The number of ether oxygens (including phenoxy) is 1. The molecule has 1 heterocycles. The Kier molecular flexibility index (Phi) is 3.58. The molecule has 2 N–H and O–H groups in total. The highest BCUT2D eigenvalue weighted by atomic mass is 19.1. The number of hydrogen-bond acceptors (Lipinski definition) is 3. The van der Waals surface area contributed by atoms with Crippen LogP contribution in [0.3, 0.4) is 0 Å². The zero-order chi connectivity index (χ0) is 13.1. The number of halogens is 1. The Bertz CT molecular complexity index is 555. The van der Waals surface area contributed by atoms with E-state index in [1.165, 1.54) is 6.07 Å². The number of aryl methyl sites for hydroxylation is 1. The zero-order valence-corrected chi connectivity index (χ0v) is 10.4. The van der Waals surface area contributed by atoms with Crippen molar-refractivity contribution in [3.8, 4) is 11.5 Å². The van der Waals surface area contributed by atoms with Crippen molar-refractivity contribution in [1.82, 2.24) is 4.98 Å². The molecule has 0 bridgehead atoms. The molecule has 2 rings (SSSR count). The fourth-order valence-corrected chi connectivity index (χ4v) is 1.58. The molecule has 94 valence electrons. The summed E-state index contributed by atoms with van der Waals surface area (Å²) in [6.07, 6.45) is 1.66. The third-order valence-electron chi connectivity index (χ3n) is 2.66. The van der Waals surface area contributed by atoms with E-state index in [0.29, 0.717) is 11.4 Å². The highest BCUT2D eigenvalue weighted by molar-refractivity contribution is 5.36. The summed E-state index contributed by atoms with van der Waals surface area (Å²) in [5.74, 6) is 0.300. The number of nitrogens with zero attached hydrogens (tertiary/aromatic N) is 1. The summed E-state index contributed by atoms with van der Waals surface area (Å²) in [7, 11) is 0. The van der Waals surface area contributed by atoms with Gasteiger partial charge in [-0.1, -0.05) is 6.07 Å². The molecule has 0 fully saturated rings. The van der Waals surface area contributed by atoms with Crippen LogP contribution in [0.5, 0.6) is 11.5 Å². The van der Waals surface area contributed by atoms with E-state index in [4.69, 9.17) is 10.5 Å². The van der Waals surface area contributed by atoms with Crippen LogP contribution in [0.25, 0.3) is 0 Å². The second-order valence-corrected chi connectivity index (χ2v) is 4.17. The predicted molar refractivity (Wildman–Crippen MR) is 68.1 cm³/mol. The molecular weight excluding hydrogens is 231 g/mol. The minimum Gasteiger partial charge on any atom is -0.452 e. The Balaban J connectivity index is 2.28. The van der Waals surface area contributed by atoms with Gasteiger partial charge in [0, 0.05) is 12.2 Å². The highest BCUT2D eigenvalue weighted by Gasteiger charge is 2.09. The standard InChI is InChI=1S/C14H15FN2O/c1-9(16)11-5-6-14(12(15)8-11)18-13-4-3-7-17-10(13)2/h3-9H,16H2,1-2H3. The molecule has 0 saturated heterocycles. The summed E-state index contributed by atoms with van der Waals surface area (Å²) in [6.45, 7) is 3.62. The highest BCUT2D eigenvalue weighted by Crippen LogP contribution is 2.27. The summed E-state index contributed by atoms with van der Waals surface area (Å²) in [5, 5.41) is 0. The third kappa shape index (κ3) is 2.65. The van der Waals surface area contributed by atoms with Gasteiger partial charge >= 0.3 is 0 Å². The quantitative estimate of drug-likeness (QED) is 0.903. The van der Waals surface area contributed by atoms with E-state index >= 15 is 0 Å². The van der Waals surface area contributed by atoms with Crippen LogP contribution in [-0.2, 0) is 0 Å². The van der Waals surface area contributed by atoms with Gasteiger partial charge in [-0.3, -0.25) is 4.98 Å². The number of hydrogen-bond donors (Lipinski definition) is 1. The topological polar surface area (TPSA) is 48.1 Å². The lowest BCUT2D eigenvalue weighted by Gasteiger charge is -2.11. The average molecular weight is 246 g/mol. The SMILES string of the molecule is Cc1ncccc1Oc1ccc(C(C)N)cc1F. The van der Waals surface area contributed by atoms with Crippen molar-refractivity contribution in [2.75, 3.05) is 0 Å². The normalized spacial score (nSPS) is 12.2. The van der Waals surface area contributed by atoms with Crippen LogP contribution < -0.4 is 10.5 Å². The van der Waals surface area contributed by atoms with Crippen LogP contribution in [-0.4, -0.2) is 4.98 Å². The lowest BCUT2D eigenvalue weighted by Crippen LogP contribution is -2.05. The van der Waals surface area contributed by atoms with E-state index in [0.717, 1.165) is 5.56 Å². The maximum Gasteiger partial charge on any atom is 0.166 e. The molecule has 0 aliphatic heterocycles. The Morgan fingerprint density at radius 3 is 2.67 bits per heavy atom. The van der Waals surface area contributed by atoms with Gasteiger partial charge < -0.3 is 10.5 Å². The van der Waals surface area contributed by atoms with Crippen LogP contribution in [0.1, 0.15) is 24.2 Å². The molecule has 0 aliphatic rings. The average Bonchev–Trinajstić information content (AvgIpc) is 2.34. The van der Waals surface area contributed by atoms with E-state index in [2.05, 4.69) is 4.98 Å². The van der Waals surface area contributed by atoms with Crippen molar-refractivity contribution in [3.63, 3.8) is 0 Å². The Morgan fingerprint density at radius 2 is 2.06 bits per heavy atom. The first-order valence-electron chi connectivity index (χ1n) is 5.72. The maximum atomic E-state index is 13.8. The number of benzene rings is 1. The van der Waals surface area contributed by atoms with Crippen molar-refractivity contribution in [2.45, 2.75) is 19.9 Å². The minimum atomic E-state index is -0.423. The molecule has 0 spiro atoms. The molecule has 1 aromatic heterocycles. The molecule has 2 aromatic rings. The van der Waals surface area contributed by atoms with Gasteiger partial charge in [-0.05, 0) is 43.7 Å². The van der Waals surface area contributed by atoms with Gasteiger partial charge in [0.15, 0.2) is 11.6 Å². The summed E-state index contributed by atoms with van der Waals surface area (Å²) in [4.78, 5) is 4.08. The van der Waals surface area contributed by atoms with Crippen LogP contribution in [0.4, 0.5) is 4.39 Å². The van der Waals surface area contributed by atoms with E-state index in [9.17, 15) is 4.39 Å². The predicted octanol–water partition coefficient (Wildman–Crippen LogP) is 3.34. The number of rotatable bonds is 3. The van der Waals surface area contributed by atoms with Crippen LogP contribution in [0, 0.1) is 12.7 Å².